The van der Waals surface area contributed by atoms with E-state index in [-0.39, 0.29) is 16.7 Å². The Kier molecular flexibility index (Phi) is 5.00. The van der Waals surface area contributed by atoms with Gasteiger partial charge in [0.2, 0.25) is 5.91 Å². The molecule has 1 atom stereocenters. The lowest BCUT2D eigenvalue weighted by molar-refractivity contribution is -0.115. The van der Waals surface area contributed by atoms with Gasteiger partial charge in [-0.05, 0) is 31.2 Å². The summed E-state index contributed by atoms with van der Waals surface area (Å²) in [4.78, 5) is 24.3. The molecule has 4 nitrogen and oxygen atoms in total. The number of amides is 1. The van der Waals surface area contributed by atoms with Crippen LogP contribution in [-0.4, -0.2) is 22.2 Å². The van der Waals surface area contributed by atoms with Crippen LogP contribution in [0.3, 0.4) is 0 Å². The van der Waals surface area contributed by atoms with Crippen molar-refractivity contribution in [1.82, 2.24) is 0 Å². The summed E-state index contributed by atoms with van der Waals surface area (Å²) in [5, 5.41) is 11.4. The van der Waals surface area contributed by atoms with Crippen molar-refractivity contribution in [1.29, 1.82) is 0 Å². The Morgan fingerprint density at radius 3 is 2.33 bits per heavy atom. The molecule has 0 fully saturated rings. The minimum atomic E-state index is -1.06. The standard InChI is InChI=1S/C16H15NO3S/c1-11(21-12-7-3-2-4-8-12)15(18)17-14-10-6-5-9-13(14)16(19)20/h2-11H,1H3,(H,17,18)(H,19,20)/t11-/m0/s1. The van der Waals surface area contributed by atoms with Crippen LogP contribution in [-0.2, 0) is 4.79 Å². The molecule has 5 heteroatoms. The fourth-order valence-electron chi connectivity index (χ4n) is 1.77. The van der Waals surface area contributed by atoms with Crippen LogP contribution in [0, 0.1) is 0 Å². The molecule has 0 aliphatic rings. The fraction of sp³-hybridized carbons (Fsp3) is 0.125. The first-order chi connectivity index (χ1) is 10.1. The highest BCUT2D eigenvalue weighted by molar-refractivity contribution is 8.00. The molecule has 21 heavy (non-hydrogen) atoms. The van der Waals surface area contributed by atoms with Crippen LogP contribution in [0.1, 0.15) is 17.3 Å². The number of benzene rings is 2. The number of carbonyl (C=O) groups excluding carboxylic acids is 1. The molecule has 1 amide bonds. The molecular formula is C16H15NO3S. The average Bonchev–Trinajstić information content (AvgIpc) is 2.48. The molecule has 0 radical (unpaired) electrons. The highest BCUT2D eigenvalue weighted by atomic mass is 32.2. The number of aromatic carboxylic acids is 1. The molecule has 108 valence electrons. The molecule has 0 aliphatic carbocycles. The molecule has 0 bridgehead atoms. The maximum Gasteiger partial charge on any atom is 0.337 e. The van der Waals surface area contributed by atoms with Crippen LogP contribution in [0.2, 0.25) is 0 Å². The largest absolute Gasteiger partial charge is 0.478 e. The van der Waals surface area contributed by atoms with Crippen molar-refractivity contribution < 1.29 is 14.7 Å². The van der Waals surface area contributed by atoms with Crippen LogP contribution in [0.15, 0.2) is 59.5 Å². The van der Waals surface area contributed by atoms with Crippen molar-refractivity contribution in [3.05, 3.63) is 60.2 Å². The first-order valence-electron chi connectivity index (χ1n) is 6.43. The zero-order valence-electron chi connectivity index (χ0n) is 11.4. The number of nitrogens with one attached hydrogen (secondary N) is 1. The van der Waals surface area contributed by atoms with Crippen molar-refractivity contribution >= 4 is 29.3 Å². The van der Waals surface area contributed by atoms with E-state index in [2.05, 4.69) is 5.32 Å². The van der Waals surface area contributed by atoms with E-state index in [4.69, 9.17) is 5.11 Å². The maximum absolute atomic E-state index is 12.2. The summed E-state index contributed by atoms with van der Waals surface area (Å²) < 4.78 is 0. The van der Waals surface area contributed by atoms with Crippen LogP contribution in [0.25, 0.3) is 0 Å². The topological polar surface area (TPSA) is 66.4 Å². The Balaban J connectivity index is 2.06. The molecule has 2 aromatic carbocycles. The monoisotopic (exact) mass is 301 g/mol. The van der Waals surface area contributed by atoms with Gasteiger partial charge in [0, 0.05) is 4.90 Å². The van der Waals surface area contributed by atoms with E-state index in [1.165, 1.54) is 17.8 Å². The highest BCUT2D eigenvalue weighted by Gasteiger charge is 2.17. The summed E-state index contributed by atoms with van der Waals surface area (Å²) in [6, 6.07) is 16.0. The van der Waals surface area contributed by atoms with E-state index in [1.54, 1.807) is 25.1 Å². The molecule has 0 spiro atoms. The van der Waals surface area contributed by atoms with E-state index in [0.29, 0.717) is 5.69 Å². The summed E-state index contributed by atoms with van der Waals surface area (Å²) in [6.07, 6.45) is 0. The summed E-state index contributed by atoms with van der Waals surface area (Å²) in [5.74, 6) is -1.29. The van der Waals surface area contributed by atoms with Crippen molar-refractivity contribution in [2.75, 3.05) is 5.32 Å². The maximum atomic E-state index is 12.2. The average molecular weight is 301 g/mol. The second-order valence-corrected chi connectivity index (χ2v) is 5.83. The van der Waals surface area contributed by atoms with E-state index < -0.39 is 5.97 Å². The lowest BCUT2D eigenvalue weighted by Gasteiger charge is -2.13. The van der Waals surface area contributed by atoms with E-state index in [0.717, 1.165) is 4.90 Å². The highest BCUT2D eigenvalue weighted by Crippen LogP contribution is 2.24. The smallest absolute Gasteiger partial charge is 0.337 e. The normalized spacial score (nSPS) is 11.7. The van der Waals surface area contributed by atoms with Gasteiger partial charge >= 0.3 is 5.97 Å². The van der Waals surface area contributed by atoms with Gasteiger partial charge in [-0.2, -0.15) is 0 Å². The van der Waals surface area contributed by atoms with Crippen LogP contribution < -0.4 is 5.32 Å². The van der Waals surface area contributed by atoms with Gasteiger partial charge in [0.15, 0.2) is 0 Å². The molecule has 2 N–H and O–H groups in total. The molecule has 2 rings (SSSR count). The van der Waals surface area contributed by atoms with Gasteiger partial charge in [-0.1, -0.05) is 30.3 Å². The van der Waals surface area contributed by atoms with Crippen LogP contribution in [0.5, 0.6) is 0 Å². The number of hydrogen-bond donors (Lipinski definition) is 2. The van der Waals surface area contributed by atoms with E-state index in [1.807, 2.05) is 30.3 Å². The number of carboxylic acids is 1. The lowest BCUT2D eigenvalue weighted by Crippen LogP contribution is -2.23. The third kappa shape index (κ3) is 4.10. The summed E-state index contributed by atoms with van der Waals surface area (Å²) in [6.45, 7) is 1.79. The molecular weight excluding hydrogens is 286 g/mol. The van der Waals surface area contributed by atoms with E-state index >= 15 is 0 Å². The summed E-state index contributed by atoms with van der Waals surface area (Å²) in [7, 11) is 0. The number of thioether (sulfide) groups is 1. The molecule has 0 unspecified atom stereocenters. The third-order valence-electron chi connectivity index (χ3n) is 2.84. The summed E-state index contributed by atoms with van der Waals surface area (Å²) >= 11 is 1.43. The number of carbonyl (C=O) groups is 2. The molecule has 0 aromatic heterocycles. The number of hydrogen-bond acceptors (Lipinski definition) is 3. The van der Waals surface area contributed by atoms with Crippen molar-refractivity contribution in [3.8, 4) is 0 Å². The number of carboxylic acid groups (broad SMARTS) is 1. The van der Waals surface area contributed by atoms with Gasteiger partial charge in [0.05, 0.1) is 16.5 Å². The second-order valence-electron chi connectivity index (χ2n) is 4.41. The fourth-order valence-corrected chi connectivity index (χ4v) is 2.66. The van der Waals surface area contributed by atoms with Gasteiger partial charge in [0.25, 0.3) is 0 Å². The SMILES string of the molecule is C[C@H](Sc1ccccc1)C(=O)Nc1ccccc1C(=O)O. The van der Waals surface area contributed by atoms with Crippen LogP contribution >= 0.6 is 11.8 Å². The number of para-hydroxylation sites is 1. The Hall–Kier alpha value is -2.27. The number of anilines is 1. The van der Waals surface area contributed by atoms with Gasteiger partial charge < -0.3 is 10.4 Å². The Bertz CT molecular complexity index is 643. The lowest BCUT2D eigenvalue weighted by atomic mass is 10.2. The first-order valence-corrected chi connectivity index (χ1v) is 7.31. The Morgan fingerprint density at radius 2 is 1.67 bits per heavy atom. The van der Waals surface area contributed by atoms with Gasteiger partial charge in [0.1, 0.15) is 0 Å². The third-order valence-corrected chi connectivity index (χ3v) is 3.95. The first kappa shape index (κ1) is 15.1. The predicted octanol–water partition coefficient (Wildman–Crippen LogP) is 3.50. The quantitative estimate of drug-likeness (QED) is 0.829. The van der Waals surface area contributed by atoms with Crippen molar-refractivity contribution in [2.24, 2.45) is 0 Å². The predicted molar refractivity (Wildman–Crippen MR) is 83.8 cm³/mol. The van der Waals surface area contributed by atoms with Gasteiger partial charge in [-0.3, -0.25) is 4.79 Å². The minimum Gasteiger partial charge on any atom is -0.478 e. The van der Waals surface area contributed by atoms with Crippen LogP contribution in [0.4, 0.5) is 5.69 Å². The second kappa shape index (κ2) is 6.95. The minimum absolute atomic E-state index is 0.0859. The zero-order valence-corrected chi connectivity index (χ0v) is 12.3. The molecule has 0 heterocycles. The summed E-state index contributed by atoms with van der Waals surface area (Å²) in [5.41, 5.74) is 0.401. The Morgan fingerprint density at radius 1 is 1.05 bits per heavy atom. The van der Waals surface area contributed by atoms with Gasteiger partial charge in [-0.25, -0.2) is 4.79 Å². The van der Waals surface area contributed by atoms with E-state index in [9.17, 15) is 9.59 Å². The molecule has 0 saturated carbocycles. The molecule has 2 aromatic rings. The Labute approximate surface area is 127 Å². The zero-order chi connectivity index (χ0) is 15.2. The van der Waals surface area contributed by atoms with Crippen molar-refractivity contribution in [2.45, 2.75) is 17.1 Å². The van der Waals surface area contributed by atoms with Crippen molar-refractivity contribution in [3.63, 3.8) is 0 Å². The number of rotatable bonds is 5. The molecule has 0 aliphatic heterocycles. The molecule has 0 saturated heterocycles. The van der Waals surface area contributed by atoms with Gasteiger partial charge in [-0.15, -0.1) is 11.8 Å².